The van der Waals surface area contributed by atoms with Gasteiger partial charge in [0.2, 0.25) is 5.41 Å². The highest BCUT2D eigenvalue weighted by Gasteiger charge is 2.78. The summed E-state index contributed by atoms with van der Waals surface area (Å²) < 4.78 is 124. The average Bonchev–Trinajstić information content (AvgIpc) is 2.90. The predicted octanol–water partition coefficient (Wildman–Crippen LogP) is 6.40. The normalized spacial score (nSPS) is 22.1. The maximum Gasteiger partial charge on any atom is 0.416 e. The van der Waals surface area contributed by atoms with Gasteiger partial charge in [-0.3, -0.25) is 4.90 Å². The maximum absolute atomic E-state index is 14.2. The van der Waals surface area contributed by atoms with Crippen molar-refractivity contribution in [2.24, 2.45) is 17.1 Å². The van der Waals surface area contributed by atoms with Crippen LogP contribution in [-0.4, -0.2) is 12.4 Å². The van der Waals surface area contributed by atoms with E-state index in [0.29, 0.717) is 18.6 Å². The zero-order chi connectivity index (χ0) is 24.1. The zero-order valence-corrected chi connectivity index (χ0v) is 16.2. The lowest BCUT2D eigenvalue weighted by Gasteiger charge is -2.50. The fourth-order valence-corrected chi connectivity index (χ4v) is 4.42. The third-order valence-electron chi connectivity index (χ3n) is 5.79. The van der Waals surface area contributed by atoms with Crippen LogP contribution < -0.4 is 10.6 Å². The van der Waals surface area contributed by atoms with Crippen LogP contribution in [0, 0.1) is 22.7 Å². The van der Waals surface area contributed by atoms with E-state index in [0.717, 1.165) is 23.1 Å². The van der Waals surface area contributed by atoms with Crippen LogP contribution in [0.4, 0.5) is 45.2 Å². The first-order valence-corrected chi connectivity index (χ1v) is 9.39. The third-order valence-corrected chi connectivity index (χ3v) is 5.79. The van der Waals surface area contributed by atoms with Crippen molar-refractivity contribution in [2.45, 2.75) is 44.2 Å². The van der Waals surface area contributed by atoms with Gasteiger partial charge in [0.1, 0.15) is 5.82 Å². The largest absolute Gasteiger partial charge is 0.416 e. The van der Waals surface area contributed by atoms with Crippen molar-refractivity contribution in [2.75, 3.05) is 4.90 Å². The summed E-state index contributed by atoms with van der Waals surface area (Å²) in [5, 5.41) is 9.42. The minimum atomic E-state index is -5.90. The van der Waals surface area contributed by atoms with Gasteiger partial charge in [-0.2, -0.15) is 44.8 Å². The first kappa shape index (κ1) is 23.8. The van der Waals surface area contributed by atoms with E-state index in [1.54, 1.807) is 0 Å². The molecule has 3 nitrogen and oxygen atoms in total. The molecule has 3 rings (SSSR count). The van der Waals surface area contributed by atoms with E-state index >= 15 is 0 Å². The minimum Gasteiger partial charge on any atom is -0.384 e. The first-order chi connectivity index (χ1) is 14.7. The molecular weight excluding hydrogens is 453 g/mol. The highest BCUT2D eigenvalue weighted by molar-refractivity contribution is 5.65. The second-order valence-corrected chi connectivity index (χ2v) is 7.52. The van der Waals surface area contributed by atoms with Gasteiger partial charge in [0.05, 0.1) is 17.2 Å². The molecule has 0 fully saturated rings. The van der Waals surface area contributed by atoms with Gasteiger partial charge in [0.15, 0.2) is 0 Å². The smallest absolute Gasteiger partial charge is 0.384 e. The van der Waals surface area contributed by atoms with Gasteiger partial charge in [-0.1, -0.05) is 12.5 Å². The molecule has 12 heteroatoms. The van der Waals surface area contributed by atoms with Crippen molar-refractivity contribution in [1.82, 2.24) is 0 Å². The van der Waals surface area contributed by atoms with Gasteiger partial charge in [-0.15, -0.1) is 0 Å². The topological polar surface area (TPSA) is 53.1 Å². The van der Waals surface area contributed by atoms with Crippen LogP contribution in [0.2, 0.25) is 0 Å². The lowest BCUT2D eigenvalue weighted by atomic mass is 9.63. The Hall–Kier alpha value is -2.84. The van der Waals surface area contributed by atoms with E-state index in [4.69, 9.17) is 5.73 Å². The molecule has 1 aromatic rings. The van der Waals surface area contributed by atoms with Gasteiger partial charge in [0, 0.05) is 17.3 Å². The van der Waals surface area contributed by atoms with Crippen molar-refractivity contribution in [1.29, 1.82) is 5.26 Å². The Kier molecular flexibility index (Phi) is 5.68. The van der Waals surface area contributed by atoms with Crippen molar-refractivity contribution < 1.29 is 39.5 Å². The summed E-state index contributed by atoms with van der Waals surface area (Å²) in [7, 11) is 0. The third kappa shape index (κ3) is 3.47. The molecule has 1 aliphatic heterocycles. The molecule has 2 N–H and O–H groups in total. The number of benzene rings is 1. The SMILES string of the molecule is N#CC1=C(N)N(c2ccc(C(F)(F)F)cc2)C2=CCCCCC2C1(C(F)(F)F)C(F)(F)F. The van der Waals surface area contributed by atoms with Crippen molar-refractivity contribution in [3.8, 4) is 6.07 Å². The molecule has 32 heavy (non-hydrogen) atoms. The molecule has 1 aromatic carbocycles. The lowest BCUT2D eigenvalue weighted by Crippen LogP contribution is -2.61. The van der Waals surface area contributed by atoms with Gasteiger partial charge < -0.3 is 5.73 Å². The van der Waals surface area contributed by atoms with Crippen LogP contribution in [0.3, 0.4) is 0 Å². The summed E-state index contributed by atoms with van der Waals surface area (Å²) in [4.78, 5) is 0.824. The van der Waals surface area contributed by atoms with Crippen LogP contribution >= 0.6 is 0 Å². The number of fused-ring (bicyclic) bond motifs is 1. The first-order valence-electron chi connectivity index (χ1n) is 9.39. The Morgan fingerprint density at radius 3 is 1.97 bits per heavy atom. The molecule has 0 saturated carbocycles. The standard InChI is InChI=1S/C20H16F9N3/c21-18(22,23)11-6-8-12(9-7-11)32-15-5-3-1-2-4-13(15)17(19(24,25)26,20(27,28)29)14(10-30)16(32)31/h5-9,13H,1-4,31H2. The van der Waals surface area contributed by atoms with E-state index in [-0.39, 0.29) is 18.5 Å². The highest BCUT2D eigenvalue weighted by Crippen LogP contribution is 2.65. The molecule has 0 radical (unpaired) electrons. The number of halogens is 9. The molecule has 1 unspecified atom stereocenters. The summed E-state index contributed by atoms with van der Waals surface area (Å²) in [5.74, 6) is -3.35. The van der Waals surface area contributed by atoms with Gasteiger partial charge in [-0.05, 0) is 43.5 Å². The second-order valence-electron chi connectivity index (χ2n) is 7.52. The maximum atomic E-state index is 14.2. The number of anilines is 1. The fourth-order valence-electron chi connectivity index (χ4n) is 4.42. The Labute approximate surface area is 176 Å². The molecule has 0 aromatic heterocycles. The van der Waals surface area contributed by atoms with Gasteiger partial charge in [0.25, 0.3) is 0 Å². The molecule has 1 atom stereocenters. The fraction of sp³-hybridized carbons (Fsp3) is 0.450. The predicted molar refractivity (Wildman–Crippen MR) is 95.3 cm³/mol. The molecule has 1 heterocycles. The molecule has 0 spiro atoms. The Balaban J connectivity index is 2.35. The molecule has 2 aliphatic rings. The van der Waals surface area contributed by atoms with Gasteiger partial charge in [-0.25, -0.2) is 0 Å². The number of hydrogen-bond donors (Lipinski definition) is 1. The second kappa shape index (κ2) is 7.64. The summed E-state index contributed by atoms with van der Waals surface area (Å²) in [6, 6.07) is 4.06. The van der Waals surface area contributed by atoms with Crippen molar-refractivity contribution >= 4 is 5.69 Å². The summed E-state index contributed by atoms with van der Waals surface area (Å²) in [5.41, 5.74) is -2.19. The molecule has 0 bridgehead atoms. The van der Waals surface area contributed by atoms with Crippen LogP contribution in [0.15, 0.2) is 47.4 Å². The van der Waals surface area contributed by atoms with E-state index in [1.165, 1.54) is 6.08 Å². The Morgan fingerprint density at radius 2 is 1.50 bits per heavy atom. The molecular formula is C20H16F9N3. The van der Waals surface area contributed by atoms with E-state index in [2.05, 4.69) is 0 Å². The molecule has 1 aliphatic carbocycles. The zero-order valence-electron chi connectivity index (χ0n) is 16.2. The lowest BCUT2D eigenvalue weighted by molar-refractivity contribution is -0.339. The van der Waals surface area contributed by atoms with Crippen molar-refractivity contribution in [3.05, 3.63) is 53.0 Å². The minimum absolute atomic E-state index is 0.0258. The Bertz CT molecular complexity index is 962. The van der Waals surface area contributed by atoms with E-state index in [9.17, 15) is 44.8 Å². The summed E-state index contributed by atoms with van der Waals surface area (Å²) in [6.45, 7) is 0. The Morgan fingerprint density at radius 1 is 0.938 bits per heavy atom. The summed E-state index contributed by atoms with van der Waals surface area (Å²) in [6.07, 6.45) is -15.4. The number of alkyl halides is 9. The monoisotopic (exact) mass is 469 g/mol. The number of hydrogen-bond acceptors (Lipinski definition) is 3. The number of nitrogens with zero attached hydrogens (tertiary/aromatic N) is 2. The highest BCUT2D eigenvalue weighted by atomic mass is 19.4. The van der Waals surface area contributed by atoms with Crippen LogP contribution in [0.25, 0.3) is 0 Å². The number of nitriles is 1. The molecule has 174 valence electrons. The number of rotatable bonds is 1. The average molecular weight is 469 g/mol. The van der Waals surface area contributed by atoms with Crippen LogP contribution in [0.1, 0.15) is 31.2 Å². The van der Waals surface area contributed by atoms with Crippen molar-refractivity contribution in [3.63, 3.8) is 0 Å². The quantitative estimate of drug-likeness (QED) is 0.484. The van der Waals surface area contributed by atoms with Gasteiger partial charge >= 0.3 is 18.5 Å². The molecule has 0 saturated heterocycles. The van der Waals surface area contributed by atoms with Crippen LogP contribution in [-0.2, 0) is 6.18 Å². The van der Waals surface area contributed by atoms with E-state index < -0.39 is 58.9 Å². The number of allylic oxidation sites excluding steroid dienone is 3. The van der Waals surface area contributed by atoms with Crippen LogP contribution in [0.5, 0.6) is 0 Å². The van der Waals surface area contributed by atoms with E-state index in [1.807, 2.05) is 0 Å². The summed E-state index contributed by atoms with van der Waals surface area (Å²) >= 11 is 0. The number of nitrogens with two attached hydrogens (primary N) is 1. The molecule has 0 amide bonds.